The van der Waals surface area contributed by atoms with E-state index in [2.05, 4.69) is 34.2 Å². The second-order valence-corrected chi connectivity index (χ2v) is 6.94. The van der Waals surface area contributed by atoms with Gasteiger partial charge in [-0.1, -0.05) is 12.1 Å². The van der Waals surface area contributed by atoms with Crippen LogP contribution in [0.2, 0.25) is 0 Å². The van der Waals surface area contributed by atoms with Gasteiger partial charge in [0.05, 0.1) is 12.7 Å². The zero-order valence-corrected chi connectivity index (χ0v) is 16.0. The molecule has 2 aromatic carbocycles. The average Bonchev–Trinajstić information content (AvgIpc) is 2.69. The number of rotatable bonds is 7. The molecular weight excluding hydrogens is 340 g/mol. The van der Waals surface area contributed by atoms with Gasteiger partial charge in [-0.15, -0.1) is 0 Å². The molecular formula is C21H28N4O2. The molecule has 144 valence electrons. The minimum atomic E-state index is -0.404. The highest BCUT2D eigenvalue weighted by Gasteiger charge is 2.19. The van der Waals surface area contributed by atoms with Gasteiger partial charge in [0.15, 0.2) is 0 Å². The van der Waals surface area contributed by atoms with Crippen LogP contribution in [0.5, 0.6) is 5.75 Å². The predicted molar refractivity (Wildman–Crippen MR) is 110 cm³/mol. The molecule has 1 unspecified atom stereocenters. The van der Waals surface area contributed by atoms with Crippen LogP contribution in [-0.2, 0) is 0 Å². The van der Waals surface area contributed by atoms with Crippen molar-refractivity contribution in [3.63, 3.8) is 0 Å². The third kappa shape index (κ3) is 4.92. The fraction of sp³-hybridized carbons (Fsp3) is 0.381. The van der Waals surface area contributed by atoms with Gasteiger partial charge < -0.3 is 20.7 Å². The van der Waals surface area contributed by atoms with Crippen LogP contribution in [0, 0.1) is 0 Å². The third-order valence-corrected chi connectivity index (χ3v) is 4.94. The number of nitrogens with zero attached hydrogens (tertiary/aromatic N) is 2. The summed E-state index contributed by atoms with van der Waals surface area (Å²) in [5.41, 5.74) is 8.03. The summed E-state index contributed by atoms with van der Waals surface area (Å²) < 4.78 is 5.23. The van der Waals surface area contributed by atoms with Crippen LogP contribution < -0.4 is 20.7 Å². The van der Waals surface area contributed by atoms with Crippen LogP contribution in [0.4, 0.5) is 11.4 Å². The van der Waals surface area contributed by atoms with Crippen molar-refractivity contribution in [3.8, 4) is 5.75 Å². The number of nitrogens with one attached hydrogen (secondary N) is 1. The van der Waals surface area contributed by atoms with Gasteiger partial charge in [-0.25, -0.2) is 0 Å². The fourth-order valence-electron chi connectivity index (χ4n) is 3.50. The van der Waals surface area contributed by atoms with Gasteiger partial charge in [0.25, 0.3) is 5.91 Å². The van der Waals surface area contributed by atoms with E-state index in [1.807, 2.05) is 30.3 Å². The summed E-state index contributed by atoms with van der Waals surface area (Å²) in [5, 5.41) is 3.42. The maximum absolute atomic E-state index is 11.6. The number of hydrogen-bond donors (Lipinski definition) is 2. The first kappa shape index (κ1) is 19.0. The monoisotopic (exact) mass is 368 g/mol. The molecule has 1 saturated heterocycles. The lowest BCUT2D eigenvalue weighted by Gasteiger charge is -2.37. The van der Waals surface area contributed by atoms with Gasteiger partial charge in [0.2, 0.25) is 0 Å². The molecule has 0 aromatic heterocycles. The highest BCUT2D eigenvalue weighted by atomic mass is 16.5. The second kappa shape index (κ2) is 8.77. The fourth-order valence-corrected chi connectivity index (χ4v) is 3.50. The van der Waals surface area contributed by atoms with Crippen LogP contribution in [0.3, 0.4) is 0 Å². The molecule has 0 radical (unpaired) electrons. The van der Waals surface area contributed by atoms with Gasteiger partial charge in [0, 0.05) is 50.1 Å². The molecule has 0 bridgehead atoms. The molecule has 1 fully saturated rings. The highest BCUT2D eigenvalue weighted by molar-refractivity contribution is 5.98. The standard InChI is InChI=1S/C21H28N4O2/c1-16(23-20-6-4-3-5-19(20)21(22)26)15-24-11-13-25(14-12-24)17-7-9-18(27-2)10-8-17/h3-10,16,23H,11-15H2,1-2H3,(H2,22,26). The van der Waals surface area contributed by atoms with Crippen molar-refractivity contribution in [1.29, 1.82) is 0 Å². The molecule has 0 saturated carbocycles. The van der Waals surface area contributed by atoms with Gasteiger partial charge in [-0.2, -0.15) is 0 Å². The molecule has 6 heteroatoms. The van der Waals surface area contributed by atoms with Crippen molar-refractivity contribution in [2.75, 3.05) is 50.1 Å². The number of carbonyl (C=O) groups excluding carboxylic acids is 1. The summed E-state index contributed by atoms with van der Waals surface area (Å²) in [6.45, 7) is 7.07. The number of amides is 1. The van der Waals surface area contributed by atoms with Crippen LogP contribution in [-0.4, -0.2) is 56.7 Å². The number of nitrogens with two attached hydrogens (primary N) is 1. The molecule has 0 aliphatic carbocycles. The van der Waals surface area contributed by atoms with E-state index in [1.165, 1.54) is 5.69 Å². The summed E-state index contributed by atoms with van der Waals surface area (Å²) in [6, 6.07) is 15.8. The van der Waals surface area contributed by atoms with Crippen LogP contribution >= 0.6 is 0 Å². The first-order chi connectivity index (χ1) is 13.1. The van der Waals surface area contributed by atoms with E-state index >= 15 is 0 Å². The lowest BCUT2D eigenvalue weighted by atomic mass is 10.1. The van der Waals surface area contributed by atoms with Gasteiger partial charge in [0.1, 0.15) is 5.75 Å². The first-order valence-electron chi connectivity index (χ1n) is 9.33. The van der Waals surface area contributed by atoms with Crippen molar-refractivity contribution in [1.82, 2.24) is 4.90 Å². The number of primary amides is 1. The summed E-state index contributed by atoms with van der Waals surface area (Å²) in [7, 11) is 1.69. The van der Waals surface area contributed by atoms with Crippen LogP contribution in [0.15, 0.2) is 48.5 Å². The highest BCUT2D eigenvalue weighted by Crippen LogP contribution is 2.21. The van der Waals surface area contributed by atoms with E-state index in [0.29, 0.717) is 5.56 Å². The number of para-hydroxylation sites is 1. The molecule has 1 aliphatic heterocycles. The van der Waals surface area contributed by atoms with Gasteiger partial charge >= 0.3 is 0 Å². The molecule has 1 atom stereocenters. The number of benzene rings is 2. The van der Waals surface area contributed by atoms with Crippen molar-refractivity contribution in [3.05, 3.63) is 54.1 Å². The summed E-state index contributed by atoms with van der Waals surface area (Å²) in [5.74, 6) is 0.479. The van der Waals surface area contributed by atoms with E-state index in [4.69, 9.17) is 10.5 Å². The summed E-state index contributed by atoms with van der Waals surface area (Å²) in [6.07, 6.45) is 0. The average molecular weight is 368 g/mol. The number of ether oxygens (including phenoxy) is 1. The van der Waals surface area contributed by atoms with Gasteiger partial charge in [-0.05, 0) is 43.3 Å². The van der Waals surface area contributed by atoms with Crippen molar-refractivity contribution in [2.24, 2.45) is 5.73 Å². The zero-order chi connectivity index (χ0) is 19.2. The molecule has 27 heavy (non-hydrogen) atoms. The molecule has 3 rings (SSSR count). The normalized spacial score (nSPS) is 16.0. The summed E-state index contributed by atoms with van der Waals surface area (Å²) >= 11 is 0. The quantitative estimate of drug-likeness (QED) is 0.785. The maximum Gasteiger partial charge on any atom is 0.250 e. The zero-order valence-electron chi connectivity index (χ0n) is 16.0. The minimum Gasteiger partial charge on any atom is -0.497 e. The Morgan fingerprint density at radius 1 is 1.11 bits per heavy atom. The number of piperazine rings is 1. The minimum absolute atomic E-state index is 0.220. The van der Waals surface area contributed by atoms with Gasteiger partial charge in [-0.3, -0.25) is 9.69 Å². The van der Waals surface area contributed by atoms with E-state index in [9.17, 15) is 4.79 Å². The Hall–Kier alpha value is -2.73. The first-order valence-corrected chi connectivity index (χ1v) is 9.33. The SMILES string of the molecule is COc1ccc(N2CCN(CC(C)Nc3ccccc3C(N)=O)CC2)cc1. The smallest absolute Gasteiger partial charge is 0.250 e. The van der Waals surface area contributed by atoms with Crippen molar-refractivity contribution >= 4 is 17.3 Å². The van der Waals surface area contributed by atoms with Crippen LogP contribution in [0.25, 0.3) is 0 Å². The van der Waals surface area contributed by atoms with Crippen molar-refractivity contribution in [2.45, 2.75) is 13.0 Å². The Balaban J connectivity index is 1.51. The number of methoxy groups -OCH3 is 1. The number of anilines is 2. The van der Waals surface area contributed by atoms with Crippen LogP contribution in [0.1, 0.15) is 17.3 Å². The van der Waals surface area contributed by atoms with E-state index in [-0.39, 0.29) is 6.04 Å². The molecule has 0 spiro atoms. The molecule has 2 aromatic rings. The maximum atomic E-state index is 11.6. The topological polar surface area (TPSA) is 70.8 Å². The Labute approximate surface area is 160 Å². The number of hydrogen-bond acceptors (Lipinski definition) is 5. The largest absolute Gasteiger partial charge is 0.497 e. The Kier molecular flexibility index (Phi) is 6.19. The molecule has 6 nitrogen and oxygen atoms in total. The predicted octanol–water partition coefficient (Wildman–Crippen LogP) is 2.42. The van der Waals surface area contributed by atoms with E-state index < -0.39 is 5.91 Å². The Morgan fingerprint density at radius 2 is 1.78 bits per heavy atom. The van der Waals surface area contributed by atoms with E-state index in [1.54, 1.807) is 13.2 Å². The molecule has 1 amide bonds. The van der Waals surface area contributed by atoms with Crippen molar-refractivity contribution < 1.29 is 9.53 Å². The lowest BCUT2D eigenvalue weighted by Crippen LogP contribution is -2.49. The molecule has 3 N–H and O–H groups in total. The molecule has 1 aliphatic rings. The Morgan fingerprint density at radius 3 is 2.41 bits per heavy atom. The number of carbonyl (C=O) groups is 1. The molecule has 1 heterocycles. The Bertz CT molecular complexity index is 755. The summed E-state index contributed by atoms with van der Waals surface area (Å²) in [4.78, 5) is 16.4. The third-order valence-electron chi connectivity index (χ3n) is 4.94. The van der Waals surface area contributed by atoms with E-state index in [0.717, 1.165) is 44.2 Å². The lowest BCUT2D eigenvalue weighted by molar-refractivity contribution is 0.100. The second-order valence-electron chi connectivity index (χ2n) is 6.94.